The Balaban J connectivity index is 4.11. The van der Waals surface area contributed by atoms with Gasteiger partial charge in [-0.1, -0.05) is 48.1 Å². The monoisotopic (exact) mass is 191 g/mol. The van der Waals surface area contributed by atoms with E-state index in [9.17, 15) is 0 Å². The summed E-state index contributed by atoms with van der Waals surface area (Å²) in [6, 6.07) is 0. The van der Waals surface area contributed by atoms with E-state index in [4.69, 9.17) is 0 Å². The molecule has 0 unspecified atom stereocenters. The Morgan fingerprint density at radius 3 is 2.57 bits per heavy atom. The van der Waals surface area contributed by atoms with Crippen LogP contribution in [0.25, 0.3) is 0 Å². The van der Waals surface area contributed by atoms with E-state index < -0.39 is 0 Å². The molecule has 0 fully saturated rings. The first-order valence-electron chi connectivity index (χ1n) is 4.98. The van der Waals surface area contributed by atoms with E-state index in [2.05, 4.69) is 37.9 Å². The van der Waals surface area contributed by atoms with Crippen LogP contribution in [0.5, 0.6) is 0 Å². The zero-order valence-corrected chi connectivity index (χ0v) is 9.51. The van der Waals surface area contributed by atoms with Gasteiger partial charge in [-0.15, -0.1) is 0 Å². The Kier molecular flexibility index (Phi) is 7.86. The van der Waals surface area contributed by atoms with Gasteiger partial charge in [0.2, 0.25) is 0 Å². The summed E-state index contributed by atoms with van der Waals surface area (Å²) in [5.41, 5.74) is 2.68. The maximum absolute atomic E-state index is 3.62. The minimum Gasteiger partial charge on any atom is -0.319 e. The van der Waals surface area contributed by atoms with Crippen LogP contribution in [0.3, 0.4) is 0 Å². The first kappa shape index (κ1) is 12.9. The average Bonchev–Trinajstić information content (AvgIpc) is 2.15. The van der Waals surface area contributed by atoms with Gasteiger partial charge in [0.15, 0.2) is 0 Å². The second-order valence-corrected chi connectivity index (χ2v) is 3.38. The highest BCUT2D eigenvalue weighted by Gasteiger charge is 1.88. The van der Waals surface area contributed by atoms with Gasteiger partial charge < -0.3 is 5.32 Å². The molecular formula is C13H21N. The van der Waals surface area contributed by atoms with Gasteiger partial charge in [0.05, 0.1) is 0 Å². The Morgan fingerprint density at radius 1 is 1.29 bits per heavy atom. The lowest BCUT2D eigenvalue weighted by atomic mass is 10.1. The summed E-state index contributed by atoms with van der Waals surface area (Å²) >= 11 is 0. The highest BCUT2D eigenvalue weighted by molar-refractivity contribution is 5.25. The van der Waals surface area contributed by atoms with Crippen LogP contribution in [0.1, 0.15) is 20.3 Å². The molecule has 0 bridgehead atoms. The van der Waals surface area contributed by atoms with Gasteiger partial charge in [0, 0.05) is 0 Å². The van der Waals surface area contributed by atoms with Crippen molar-refractivity contribution in [3.05, 3.63) is 48.1 Å². The third-order valence-electron chi connectivity index (χ3n) is 1.85. The Labute approximate surface area is 87.9 Å². The van der Waals surface area contributed by atoms with Crippen molar-refractivity contribution >= 4 is 0 Å². The molecule has 0 amide bonds. The Morgan fingerprint density at radius 2 is 2.00 bits per heavy atom. The molecule has 0 aliphatic rings. The summed E-state index contributed by atoms with van der Waals surface area (Å²) in [4.78, 5) is 0. The van der Waals surface area contributed by atoms with Gasteiger partial charge in [0.25, 0.3) is 0 Å². The van der Waals surface area contributed by atoms with E-state index in [1.165, 1.54) is 11.1 Å². The standard InChI is InChI=1S/C13H21N/c1-5-6-7-8-12(2)11-13(3)9-10-14-4/h5-8,11,14H,1,9-10H2,2-4H3/b7-6-,12-8+,13-11+. The van der Waals surface area contributed by atoms with Crippen molar-refractivity contribution in [1.82, 2.24) is 5.32 Å². The SMILES string of the molecule is C=C\C=C/C=C(C)/C=C(\C)CCNC. The van der Waals surface area contributed by atoms with Gasteiger partial charge in [-0.3, -0.25) is 0 Å². The summed E-state index contributed by atoms with van der Waals surface area (Å²) in [7, 11) is 1.97. The molecular weight excluding hydrogens is 170 g/mol. The molecule has 1 heteroatoms. The lowest BCUT2D eigenvalue weighted by Gasteiger charge is -2.00. The number of nitrogens with one attached hydrogen (secondary N) is 1. The molecule has 1 nitrogen and oxygen atoms in total. The molecule has 0 aromatic rings. The Bertz CT molecular complexity index is 244. The quantitative estimate of drug-likeness (QED) is 0.636. The van der Waals surface area contributed by atoms with Crippen LogP contribution in [0.15, 0.2) is 48.1 Å². The smallest absolute Gasteiger partial charge is 0.00146 e. The van der Waals surface area contributed by atoms with Gasteiger partial charge in [-0.05, 0) is 33.9 Å². The van der Waals surface area contributed by atoms with Crippen LogP contribution in [-0.2, 0) is 0 Å². The molecule has 0 spiro atoms. The Hall–Kier alpha value is -1.08. The molecule has 0 saturated carbocycles. The van der Waals surface area contributed by atoms with Crippen molar-refractivity contribution in [3.8, 4) is 0 Å². The molecule has 0 atom stereocenters. The zero-order chi connectivity index (χ0) is 10.8. The summed E-state index contributed by atoms with van der Waals surface area (Å²) in [6.07, 6.45) is 11.1. The molecule has 0 aromatic heterocycles. The molecule has 0 radical (unpaired) electrons. The van der Waals surface area contributed by atoms with Crippen molar-refractivity contribution in [2.45, 2.75) is 20.3 Å². The maximum Gasteiger partial charge on any atom is -0.00146 e. The molecule has 0 aliphatic carbocycles. The predicted molar refractivity (Wildman–Crippen MR) is 65.4 cm³/mol. The third kappa shape index (κ3) is 7.56. The molecule has 0 rings (SSSR count). The minimum atomic E-state index is 1.04. The van der Waals surface area contributed by atoms with E-state index in [0.717, 1.165) is 13.0 Å². The van der Waals surface area contributed by atoms with Gasteiger partial charge >= 0.3 is 0 Å². The van der Waals surface area contributed by atoms with Crippen molar-refractivity contribution in [2.75, 3.05) is 13.6 Å². The first-order chi connectivity index (χ1) is 6.70. The van der Waals surface area contributed by atoms with Crippen molar-refractivity contribution in [1.29, 1.82) is 0 Å². The molecule has 14 heavy (non-hydrogen) atoms. The molecule has 0 aromatic carbocycles. The number of rotatable bonds is 6. The predicted octanol–water partition coefficient (Wildman–Crippen LogP) is 3.23. The zero-order valence-electron chi connectivity index (χ0n) is 9.51. The molecule has 0 saturated heterocycles. The highest BCUT2D eigenvalue weighted by atomic mass is 14.8. The fraction of sp³-hybridized carbons (Fsp3) is 0.385. The summed E-state index contributed by atoms with van der Waals surface area (Å²) < 4.78 is 0. The van der Waals surface area contributed by atoms with Gasteiger partial charge in [0.1, 0.15) is 0 Å². The van der Waals surface area contributed by atoms with Gasteiger partial charge in [-0.25, -0.2) is 0 Å². The fourth-order valence-corrected chi connectivity index (χ4v) is 1.12. The lowest BCUT2D eigenvalue weighted by molar-refractivity contribution is 0.785. The second kappa shape index (κ2) is 8.52. The molecule has 0 heterocycles. The minimum absolute atomic E-state index is 1.04. The van der Waals surface area contributed by atoms with Crippen molar-refractivity contribution < 1.29 is 0 Å². The maximum atomic E-state index is 3.62. The molecule has 0 aliphatic heterocycles. The average molecular weight is 191 g/mol. The number of allylic oxidation sites excluding steroid dienone is 6. The highest BCUT2D eigenvalue weighted by Crippen LogP contribution is 2.04. The summed E-state index contributed by atoms with van der Waals surface area (Å²) in [5.74, 6) is 0. The van der Waals surface area contributed by atoms with E-state index in [0.29, 0.717) is 0 Å². The van der Waals surface area contributed by atoms with Crippen LogP contribution in [0, 0.1) is 0 Å². The fourth-order valence-electron chi connectivity index (χ4n) is 1.12. The van der Waals surface area contributed by atoms with Gasteiger partial charge in [-0.2, -0.15) is 0 Å². The van der Waals surface area contributed by atoms with Crippen LogP contribution >= 0.6 is 0 Å². The van der Waals surface area contributed by atoms with Crippen molar-refractivity contribution in [3.63, 3.8) is 0 Å². The summed E-state index contributed by atoms with van der Waals surface area (Å²) in [6.45, 7) is 8.93. The van der Waals surface area contributed by atoms with Crippen molar-refractivity contribution in [2.24, 2.45) is 0 Å². The first-order valence-corrected chi connectivity index (χ1v) is 4.98. The van der Waals surface area contributed by atoms with E-state index in [-0.39, 0.29) is 0 Å². The topological polar surface area (TPSA) is 12.0 Å². The normalized spacial score (nSPS) is 13.6. The molecule has 1 N–H and O–H groups in total. The summed E-state index contributed by atoms with van der Waals surface area (Å²) in [5, 5.41) is 3.14. The largest absolute Gasteiger partial charge is 0.319 e. The van der Waals surface area contributed by atoms with E-state index >= 15 is 0 Å². The van der Waals surface area contributed by atoms with E-state index in [1.54, 1.807) is 6.08 Å². The van der Waals surface area contributed by atoms with Crippen LogP contribution in [0.4, 0.5) is 0 Å². The number of hydrogen-bond acceptors (Lipinski definition) is 1. The third-order valence-corrected chi connectivity index (χ3v) is 1.85. The van der Waals surface area contributed by atoms with Crippen LogP contribution in [-0.4, -0.2) is 13.6 Å². The lowest BCUT2D eigenvalue weighted by Crippen LogP contribution is -2.07. The second-order valence-electron chi connectivity index (χ2n) is 3.38. The van der Waals surface area contributed by atoms with Crippen LogP contribution < -0.4 is 5.32 Å². The van der Waals surface area contributed by atoms with Crippen LogP contribution in [0.2, 0.25) is 0 Å². The number of hydrogen-bond donors (Lipinski definition) is 1. The van der Waals surface area contributed by atoms with E-state index in [1.807, 2.05) is 19.2 Å². The molecule has 78 valence electrons.